The van der Waals surface area contributed by atoms with Crippen LogP contribution in [0.4, 0.5) is 5.82 Å². The van der Waals surface area contributed by atoms with Crippen molar-refractivity contribution >= 4 is 28.9 Å². The number of rotatable bonds is 3. The molecule has 0 amide bonds. The Bertz CT molecular complexity index is 795. The van der Waals surface area contributed by atoms with E-state index in [1.807, 2.05) is 60.7 Å². The van der Waals surface area contributed by atoms with Gasteiger partial charge in [-0.3, -0.25) is 0 Å². The second kappa shape index (κ2) is 5.63. The SMILES string of the molecule is COc1ccc(/C=C/c2nc(N)c3ccccc3n2)cc1. The summed E-state index contributed by atoms with van der Waals surface area (Å²) in [5.41, 5.74) is 7.86. The average Bonchev–Trinajstić information content (AvgIpc) is 2.53. The number of nitrogen functional groups attached to an aromatic ring is 1. The number of para-hydroxylation sites is 1. The number of nitrogens with zero attached hydrogens (tertiary/aromatic N) is 2. The molecule has 4 nitrogen and oxygen atoms in total. The molecule has 0 fully saturated rings. The van der Waals surface area contributed by atoms with Gasteiger partial charge in [-0.25, -0.2) is 9.97 Å². The van der Waals surface area contributed by atoms with Gasteiger partial charge in [0.2, 0.25) is 0 Å². The summed E-state index contributed by atoms with van der Waals surface area (Å²) in [7, 11) is 1.65. The van der Waals surface area contributed by atoms with Crippen molar-refractivity contribution in [2.24, 2.45) is 0 Å². The van der Waals surface area contributed by atoms with E-state index in [0.717, 1.165) is 22.2 Å². The number of anilines is 1. The van der Waals surface area contributed by atoms with Gasteiger partial charge in [0.1, 0.15) is 11.6 Å². The number of hydrogen-bond acceptors (Lipinski definition) is 4. The third-order valence-corrected chi connectivity index (χ3v) is 3.19. The summed E-state index contributed by atoms with van der Waals surface area (Å²) in [4.78, 5) is 8.79. The number of aromatic nitrogens is 2. The summed E-state index contributed by atoms with van der Waals surface area (Å²) in [6.45, 7) is 0. The van der Waals surface area contributed by atoms with Crippen molar-refractivity contribution in [1.82, 2.24) is 9.97 Å². The van der Waals surface area contributed by atoms with Crippen molar-refractivity contribution in [3.63, 3.8) is 0 Å². The van der Waals surface area contributed by atoms with Crippen molar-refractivity contribution in [1.29, 1.82) is 0 Å². The van der Waals surface area contributed by atoms with Crippen LogP contribution in [0.3, 0.4) is 0 Å². The Morgan fingerprint density at radius 2 is 1.71 bits per heavy atom. The zero-order valence-electron chi connectivity index (χ0n) is 11.7. The predicted octanol–water partition coefficient (Wildman–Crippen LogP) is 3.39. The Morgan fingerprint density at radius 3 is 2.48 bits per heavy atom. The van der Waals surface area contributed by atoms with Crippen molar-refractivity contribution in [2.75, 3.05) is 12.8 Å². The van der Waals surface area contributed by atoms with Gasteiger partial charge in [0.15, 0.2) is 5.82 Å². The lowest BCUT2D eigenvalue weighted by molar-refractivity contribution is 0.415. The Balaban J connectivity index is 1.91. The monoisotopic (exact) mass is 277 g/mol. The van der Waals surface area contributed by atoms with Gasteiger partial charge in [0.05, 0.1) is 12.6 Å². The third-order valence-electron chi connectivity index (χ3n) is 3.19. The summed E-state index contributed by atoms with van der Waals surface area (Å²) in [6, 6.07) is 15.5. The lowest BCUT2D eigenvalue weighted by Gasteiger charge is -2.02. The lowest BCUT2D eigenvalue weighted by atomic mass is 10.2. The van der Waals surface area contributed by atoms with Crippen molar-refractivity contribution in [3.05, 3.63) is 59.9 Å². The van der Waals surface area contributed by atoms with E-state index in [4.69, 9.17) is 10.5 Å². The smallest absolute Gasteiger partial charge is 0.154 e. The highest BCUT2D eigenvalue weighted by Gasteiger charge is 2.02. The number of hydrogen-bond donors (Lipinski definition) is 1. The van der Waals surface area contributed by atoms with Gasteiger partial charge < -0.3 is 10.5 Å². The van der Waals surface area contributed by atoms with Crippen LogP contribution in [0.1, 0.15) is 11.4 Å². The molecule has 0 radical (unpaired) electrons. The van der Waals surface area contributed by atoms with Crippen LogP contribution in [-0.2, 0) is 0 Å². The predicted molar refractivity (Wildman–Crippen MR) is 85.9 cm³/mol. The largest absolute Gasteiger partial charge is 0.497 e. The maximum absolute atomic E-state index is 5.96. The van der Waals surface area contributed by atoms with E-state index >= 15 is 0 Å². The molecule has 0 saturated heterocycles. The second-order valence-corrected chi connectivity index (χ2v) is 4.59. The van der Waals surface area contributed by atoms with Gasteiger partial charge in [0, 0.05) is 5.39 Å². The van der Waals surface area contributed by atoms with E-state index in [-0.39, 0.29) is 0 Å². The Morgan fingerprint density at radius 1 is 0.952 bits per heavy atom. The van der Waals surface area contributed by atoms with E-state index in [9.17, 15) is 0 Å². The summed E-state index contributed by atoms with van der Waals surface area (Å²) in [6.07, 6.45) is 3.80. The first-order valence-corrected chi connectivity index (χ1v) is 6.60. The van der Waals surface area contributed by atoms with Crippen LogP contribution in [0.2, 0.25) is 0 Å². The molecule has 0 aliphatic carbocycles. The summed E-state index contributed by atoms with van der Waals surface area (Å²) in [5.74, 6) is 1.93. The summed E-state index contributed by atoms with van der Waals surface area (Å²) in [5, 5.41) is 0.874. The molecule has 1 heterocycles. The highest BCUT2D eigenvalue weighted by atomic mass is 16.5. The van der Waals surface area contributed by atoms with Crippen LogP contribution >= 0.6 is 0 Å². The highest BCUT2D eigenvalue weighted by molar-refractivity contribution is 5.88. The molecule has 0 aliphatic rings. The van der Waals surface area contributed by atoms with Gasteiger partial charge in [-0.15, -0.1) is 0 Å². The van der Waals surface area contributed by atoms with Crippen molar-refractivity contribution < 1.29 is 4.74 Å². The van der Waals surface area contributed by atoms with Gasteiger partial charge >= 0.3 is 0 Å². The normalized spacial score (nSPS) is 11.1. The molecule has 0 saturated carbocycles. The Kier molecular flexibility index (Phi) is 3.51. The molecule has 2 N–H and O–H groups in total. The van der Waals surface area contributed by atoms with E-state index < -0.39 is 0 Å². The molecule has 0 aliphatic heterocycles. The molecule has 0 bridgehead atoms. The molecular formula is C17H15N3O. The summed E-state index contributed by atoms with van der Waals surface area (Å²) < 4.78 is 5.13. The zero-order valence-corrected chi connectivity index (χ0v) is 11.7. The van der Waals surface area contributed by atoms with E-state index in [1.54, 1.807) is 7.11 Å². The zero-order chi connectivity index (χ0) is 14.7. The van der Waals surface area contributed by atoms with Gasteiger partial charge in [0.25, 0.3) is 0 Å². The number of benzene rings is 2. The molecule has 1 aromatic heterocycles. The Hall–Kier alpha value is -2.88. The maximum atomic E-state index is 5.96. The molecule has 0 spiro atoms. The second-order valence-electron chi connectivity index (χ2n) is 4.59. The van der Waals surface area contributed by atoms with Crippen molar-refractivity contribution in [2.45, 2.75) is 0 Å². The maximum Gasteiger partial charge on any atom is 0.154 e. The van der Waals surface area contributed by atoms with Crippen molar-refractivity contribution in [3.8, 4) is 5.75 Å². The fraction of sp³-hybridized carbons (Fsp3) is 0.0588. The van der Waals surface area contributed by atoms with Gasteiger partial charge in [-0.2, -0.15) is 0 Å². The standard InChI is InChI=1S/C17H15N3O/c1-21-13-9-6-12(7-10-13)8-11-16-19-15-5-3-2-4-14(15)17(18)20-16/h2-11H,1H3,(H2,18,19,20)/b11-8+. The quantitative estimate of drug-likeness (QED) is 0.797. The highest BCUT2D eigenvalue weighted by Crippen LogP contribution is 2.18. The molecule has 4 heteroatoms. The van der Waals surface area contributed by atoms with Crippen LogP contribution in [0.5, 0.6) is 5.75 Å². The average molecular weight is 277 g/mol. The van der Waals surface area contributed by atoms with Crippen LogP contribution < -0.4 is 10.5 Å². The topological polar surface area (TPSA) is 61.0 Å². The van der Waals surface area contributed by atoms with Crippen LogP contribution in [0.25, 0.3) is 23.1 Å². The number of methoxy groups -OCH3 is 1. The molecular weight excluding hydrogens is 262 g/mol. The first-order valence-electron chi connectivity index (χ1n) is 6.60. The first kappa shape index (κ1) is 13.1. The molecule has 21 heavy (non-hydrogen) atoms. The van der Waals surface area contributed by atoms with Gasteiger partial charge in [-0.05, 0) is 35.9 Å². The van der Waals surface area contributed by atoms with Crippen LogP contribution in [-0.4, -0.2) is 17.1 Å². The minimum atomic E-state index is 0.495. The minimum absolute atomic E-state index is 0.495. The molecule has 3 aromatic rings. The first-order chi connectivity index (χ1) is 10.3. The number of ether oxygens (including phenoxy) is 1. The van der Waals surface area contributed by atoms with Crippen LogP contribution in [0, 0.1) is 0 Å². The third kappa shape index (κ3) is 2.84. The lowest BCUT2D eigenvalue weighted by Crippen LogP contribution is -1.97. The number of nitrogens with two attached hydrogens (primary N) is 1. The number of fused-ring (bicyclic) bond motifs is 1. The van der Waals surface area contributed by atoms with E-state index in [0.29, 0.717) is 11.6 Å². The molecule has 0 atom stereocenters. The Labute approximate surface area is 122 Å². The molecule has 2 aromatic carbocycles. The van der Waals surface area contributed by atoms with E-state index in [2.05, 4.69) is 9.97 Å². The fourth-order valence-electron chi connectivity index (χ4n) is 2.08. The van der Waals surface area contributed by atoms with E-state index in [1.165, 1.54) is 0 Å². The molecule has 104 valence electrons. The summed E-state index contributed by atoms with van der Waals surface area (Å²) >= 11 is 0. The van der Waals surface area contributed by atoms with Gasteiger partial charge in [-0.1, -0.05) is 30.3 Å². The minimum Gasteiger partial charge on any atom is -0.497 e. The van der Waals surface area contributed by atoms with Crippen LogP contribution in [0.15, 0.2) is 48.5 Å². The fourth-order valence-corrected chi connectivity index (χ4v) is 2.08. The molecule has 3 rings (SSSR count). The molecule has 0 unspecified atom stereocenters.